The van der Waals surface area contributed by atoms with Crippen molar-refractivity contribution in [1.82, 2.24) is 5.32 Å². The number of ether oxygens (including phenoxy) is 3. The van der Waals surface area contributed by atoms with Crippen LogP contribution in [-0.4, -0.2) is 31.8 Å². The maximum Gasteiger partial charge on any atom is 0.471 e. The second-order valence-electron chi connectivity index (χ2n) is 5.98. The zero-order valence-corrected chi connectivity index (χ0v) is 14.0. The maximum absolute atomic E-state index is 12.6. The van der Waals surface area contributed by atoms with Gasteiger partial charge in [-0.05, 0) is 24.3 Å². The number of benzene rings is 2. The molecular weight excluding hydrogens is 365 g/mol. The summed E-state index contributed by atoms with van der Waals surface area (Å²) in [6, 6.07) is 11.6. The highest BCUT2D eigenvalue weighted by Gasteiger charge is 2.49. The van der Waals surface area contributed by atoms with Gasteiger partial charge in [0.05, 0.1) is 7.11 Å². The molecule has 0 fully saturated rings. The van der Waals surface area contributed by atoms with Gasteiger partial charge in [-0.1, -0.05) is 18.2 Å². The molecular formula is C18H13F3N2O4. The summed E-state index contributed by atoms with van der Waals surface area (Å²) in [6.45, 7) is -0.0962. The zero-order chi connectivity index (χ0) is 19.2. The molecule has 4 rings (SSSR count). The Morgan fingerprint density at radius 1 is 1.19 bits per heavy atom. The number of hydrogen-bond acceptors (Lipinski definition) is 5. The van der Waals surface area contributed by atoms with E-state index in [-0.39, 0.29) is 6.61 Å². The van der Waals surface area contributed by atoms with Crippen molar-refractivity contribution in [2.45, 2.75) is 11.7 Å². The lowest BCUT2D eigenvalue weighted by Gasteiger charge is -2.33. The van der Waals surface area contributed by atoms with E-state index in [2.05, 4.69) is 4.99 Å². The van der Waals surface area contributed by atoms with Crippen molar-refractivity contribution in [3.63, 3.8) is 0 Å². The van der Waals surface area contributed by atoms with E-state index in [0.29, 0.717) is 28.4 Å². The summed E-state index contributed by atoms with van der Waals surface area (Å²) in [7, 11) is 1.50. The van der Waals surface area contributed by atoms with Gasteiger partial charge < -0.3 is 14.2 Å². The SMILES string of the molecule is COc1ccc2c(c1)C1(COC(NC(=O)C(F)(F)F)=N1)c1ccccc1O2. The first-order valence-corrected chi connectivity index (χ1v) is 7.90. The third kappa shape index (κ3) is 2.75. The minimum Gasteiger partial charge on any atom is -0.497 e. The van der Waals surface area contributed by atoms with Crippen molar-refractivity contribution in [2.75, 3.05) is 13.7 Å². The molecule has 0 bridgehead atoms. The number of carbonyl (C=O) groups is 1. The van der Waals surface area contributed by atoms with Gasteiger partial charge in [-0.2, -0.15) is 13.2 Å². The number of amides is 1. The van der Waals surface area contributed by atoms with E-state index in [9.17, 15) is 18.0 Å². The fraction of sp³-hybridized carbons (Fsp3) is 0.222. The van der Waals surface area contributed by atoms with Gasteiger partial charge in [0, 0.05) is 11.1 Å². The lowest BCUT2D eigenvalue weighted by atomic mass is 9.81. The second-order valence-corrected chi connectivity index (χ2v) is 5.98. The molecule has 27 heavy (non-hydrogen) atoms. The average molecular weight is 378 g/mol. The summed E-state index contributed by atoms with van der Waals surface area (Å²) < 4.78 is 54.1. The molecule has 2 aromatic carbocycles. The molecule has 140 valence electrons. The number of amidine groups is 1. The van der Waals surface area contributed by atoms with Crippen LogP contribution < -0.4 is 14.8 Å². The second kappa shape index (κ2) is 5.90. The molecule has 1 unspecified atom stereocenters. The lowest BCUT2D eigenvalue weighted by molar-refractivity contribution is -0.172. The Labute approximate surface area is 151 Å². The Hall–Kier alpha value is -3.23. The smallest absolute Gasteiger partial charge is 0.471 e. The topological polar surface area (TPSA) is 69.2 Å². The molecule has 2 aliphatic heterocycles. The molecule has 6 nitrogen and oxygen atoms in total. The molecule has 2 aromatic rings. The molecule has 1 spiro atoms. The number of methoxy groups -OCH3 is 1. The Morgan fingerprint density at radius 3 is 2.67 bits per heavy atom. The van der Waals surface area contributed by atoms with Crippen LogP contribution in [0.5, 0.6) is 17.2 Å². The van der Waals surface area contributed by atoms with Crippen molar-refractivity contribution in [3.8, 4) is 17.2 Å². The van der Waals surface area contributed by atoms with Gasteiger partial charge in [-0.15, -0.1) is 0 Å². The number of nitrogens with zero attached hydrogens (tertiary/aromatic N) is 1. The van der Waals surface area contributed by atoms with Crippen molar-refractivity contribution in [2.24, 2.45) is 4.99 Å². The number of alkyl halides is 3. The van der Waals surface area contributed by atoms with E-state index in [1.807, 2.05) is 0 Å². The molecule has 2 heterocycles. The van der Waals surface area contributed by atoms with Gasteiger partial charge in [0.1, 0.15) is 23.9 Å². The fourth-order valence-corrected chi connectivity index (χ4v) is 3.13. The number of rotatable bonds is 1. The van der Waals surface area contributed by atoms with Crippen LogP contribution in [-0.2, 0) is 15.1 Å². The van der Waals surface area contributed by atoms with Crippen LogP contribution >= 0.6 is 0 Å². The number of hydrogen-bond donors (Lipinski definition) is 1. The van der Waals surface area contributed by atoms with E-state index in [1.165, 1.54) is 7.11 Å². The summed E-state index contributed by atoms with van der Waals surface area (Å²) in [5, 5.41) is 1.67. The van der Waals surface area contributed by atoms with E-state index >= 15 is 0 Å². The molecule has 1 atom stereocenters. The molecule has 1 N–H and O–H groups in total. The van der Waals surface area contributed by atoms with Crippen LogP contribution in [0, 0.1) is 0 Å². The standard InChI is InChI=1S/C18H13F3N2O4/c1-25-10-6-7-14-12(8-10)17(11-4-2-3-5-13(11)27-14)9-26-16(23-17)22-15(24)18(19,20)21/h2-8H,9H2,1H3,(H,22,23,24). The number of nitrogens with one attached hydrogen (secondary N) is 1. The van der Waals surface area contributed by atoms with E-state index in [4.69, 9.17) is 14.2 Å². The monoisotopic (exact) mass is 378 g/mol. The van der Waals surface area contributed by atoms with Crippen molar-refractivity contribution in [3.05, 3.63) is 53.6 Å². The van der Waals surface area contributed by atoms with Gasteiger partial charge >= 0.3 is 12.1 Å². The van der Waals surface area contributed by atoms with Gasteiger partial charge in [0.2, 0.25) is 0 Å². The number of carbonyl (C=O) groups excluding carboxylic acids is 1. The summed E-state index contributed by atoms with van der Waals surface area (Å²) in [5.41, 5.74) is 0.0197. The molecule has 2 aliphatic rings. The number of para-hydroxylation sites is 1. The molecule has 0 saturated heterocycles. The normalized spacial score (nSPS) is 20.1. The summed E-state index contributed by atoms with van der Waals surface area (Å²) >= 11 is 0. The van der Waals surface area contributed by atoms with Crippen LogP contribution in [0.15, 0.2) is 47.5 Å². The Balaban J connectivity index is 1.83. The van der Waals surface area contributed by atoms with Crippen LogP contribution in [0.2, 0.25) is 0 Å². The summed E-state index contributed by atoms with van der Waals surface area (Å²) in [5.74, 6) is -0.639. The van der Waals surface area contributed by atoms with E-state index in [0.717, 1.165) is 0 Å². The van der Waals surface area contributed by atoms with Gasteiger partial charge in [0.15, 0.2) is 5.54 Å². The molecule has 0 aromatic heterocycles. The highest BCUT2D eigenvalue weighted by Crippen LogP contribution is 2.51. The predicted octanol–water partition coefficient (Wildman–Crippen LogP) is 3.11. The first-order chi connectivity index (χ1) is 12.8. The fourth-order valence-electron chi connectivity index (χ4n) is 3.13. The summed E-state index contributed by atoms with van der Waals surface area (Å²) in [4.78, 5) is 15.6. The van der Waals surface area contributed by atoms with Gasteiger partial charge in [-0.25, -0.2) is 4.99 Å². The largest absolute Gasteiger partial charge is 0.497 e. The number of aliphatic imine (C=N–C) groups is 1. The van der Waals surface area contributed by atoms with E-state index in [1.54, 1.807) is 47.8 Å². The number of fused-ring (bicyclic) bond motifs is 4. The number of halogens is 3. The highest BCUT2D eigenvalue weighted by molar-refractivity contribution is 5.98. The van der Waals surface area contributed by atoms with Crippen LogP contribution in [0.3, 0.4) is 0 Å². The average Bonchev–Trinajstić information content (AvgIpc) is 3.05. The Bertz CT molecular complexity index is 958. The first-order valence-electron chi connectivity index (χ1n) is 7.90. The van der Waals surface area contributed by atoms with Crippen LogP contribution in [0.4, 0.5) is 13.2 Å². The quantitative estimate of drug-likeness (QED) is 0.828. The van der Waals surface area contributed by atoms with Crippen LogP contribution in [0.1, 0.15) is 11.1 Å². The Morgan fingerprint density at radius 2 is 1.93 bits per heavy atom. The Kier molecular flexibility index (Phi) is 3.76. The zero-order valence-electron chi connectivity index (χ0n) is 14.0. The third-order valence-electron chi connectivity index (χ3n) is 4.37. The molecule has 9 heteroatoms. The molecule has 0 saturated carbocycles. The summed E-state index contributed by atoms with van der Waals surface area (Å²) in [6.07, 6.45) is -5.05. The maximum atomic E-state index is 12.6. The van der Waals surface area contributed by atoms with Gasteiger partial charge in [0.25, 0.3) is 6.02 Å². The molecule has 0 aliphatic carbocycles. The van der Waals surface area contributed by atoms with Crippen LogP contribution in [0.25, 0.3) is 0 Å². The third-order valence-corrected chi connectivity index (χ3v) is 4.37. The minimum atomic E-state index is -5.05. The minimum absolute atomic E-state index is 0.0962. The van der Waals surface area contributed by atoms with E-state index < -0.39 is 23.6 Å². The van der Waals surface area contributed by atoms with Crippen molar-refractivity contribution < 1.29 is 32.2 Å². The molecule has 0 radical (unpaired) electrons. The predicted molar refractivity (Wildman–Crippen MR) is 87.9 cm³/mol. The lowest BCUT2D eigenvalue weighted by Crippen LogP contribution is -2.40. The van der Waals surface area contributed by atoms with Crippen molar-refractivity contribution in [1.29, 1.82) is 0 Å². The van der Waals surface area contributed by atoms with Crippen molar-refractivity contribution >= 4 is 11.9 Å². The highest BCUT2D eigenvalue weighted by atomic mass is 19.4. The molecule has 1 amide bonds. The van der Waals surface area contributed by atoms with Gasteiger partial charge in [-0.3, -0.25) is 10.1 Å². The first kappa shape index (κ1) is 17.2.